The molecule has 3 aromatic heterocycles. The van der Waals surface area contributed by atoms with Gasteiger partial charge in [0.1, 0.15) is 16.9 Å². The van der Waals surface area contributed by atoms with E-state index in [1.54, 1.807) is 19.2 Å². The molecule has 5 aromatic rings. The van der Waals surface area contributed by atoms with Gasteiger partial charge in [0.15, 0.2) is 17.4 Å². The van der Waals surface area contributed by atoms with Gasteiger partial charge in [0.25, 0.3) is 5.91 Å². The molecule has 44 heavy (non-hydrogen) atoms. The average molecular weight is 595 g/mol. The van der Waals surface area contributed by atoms with Crippen LogP contribution in [0, 0.1) is 17.7 Å². The van der Waals surface area contributed by atoms with Crippen LogP contribution in [0.4, 0.5) is 4.39 Å². The van der Waals surface area contributed by atoms with Crippen LogP contribution >= 0.6 is 0 Å². The van der Waals surface area contributed by atoms with Gasteiger partial charge in [0.05, 0.1) is 31.1 Å². The zero-order chi connectivity index (χ0) is 30.3. The van der Waals surface area contributed by atoms with Crippen molar-refractivity contribution in [3.63, 3.8) is 0 Å². The van der Waals surface area contributed by atoms with Crippen LogP contribution in [0.1, 0.15) is 36.0 Å². The summed E-state index contributed by atoms with van der Waals surface area (Å²) < 4.78 is 29.5. The molecule has 1 saturated heterocycles. The number of piperidine rings is 1. The van der Waals surface area contributed by atoms with Gasteiger partial charge in [-0.1, -0.05) is 0 Å². The SMILES string of the molecule is COc1cc(-c2ccc3cc(-c4nc5cc(C(=O)N6CC7CCC6[C@@H]7N)cc(OC)c5n4C)n(CC4CC4)c3n2)ccc1F. The van der Waals surface area contributed by atoms with Gasteiger partial charge in [0, 0.05) is 48.7 Å². The average Bonchev–Trinajstić information content (AvgIpc) is 3.44. The maximum atomic E-state index is 14.1. The fourth-order valence-electron chi connectivity index (χ4n) is 7.30. The number of nitrogens with zero attached hydrogens (tertiary/aromatic N) is 5. The molecule has 2 aliphatic carbocycles. The maximum absolute atomic E-state index is 14.1. The third kappa shape index (κ3) is 4.18. The quantitative estimate of drug-likeness (QED) is 0.272. The molecule has 2 bridgehead atoms. The second-order valence-electron chi connectivity index (χ2n) is 12.5. The molecule has 2 unspecified atom stereocenters. The van der Waals surface area contributed by atoms with Gasteiger partial charge in [0.2, 0.25) is 0 Å². The number of aryl methyl sites for hydroxylation is 1. The second kappa shape index (κ2) is 10.1. The molecule has 8 rings (SSSR count). The van der Waals surface area contributed by atoms with Gasteiger partial charge >= 0.3 is 0 Å². The molecule has 2 aromatic carbocycles. The first kappa shape index (κ1) is 27.1. The Morgan fingerprint density at radius 3 is 2.52 bits per heavy atom. The number of methoxy groups -OCH3 is 2. The Morgan fingerprint density at radius 1 is 1.00 bits per heavy atom. The third-order valence-electron chi connectivity index (χ3n) is 9.87. The molecular weight excluding hydrogens is 559 g/mol. The minimum Gasteiger partial charge on any atom is -0.494 e. The molecule has 2 N–H and O–H groups in total. The standard InChI is InChI=1S/C34H35FN6O3/c1-39-31-25(12-22(15-29(31)44-3)34(42)41-17-21-8-11-26(41)30(21)36)38-33(39)27-13-20-7-10-24(19-6-9-23(35)28(14-19)43-2)37-32(20)40(27)16-18-4-5-18/h6-7,9-10,12-15,18,21,26,30H,4-5,8,11,16-17,36H2,1-3H3/t21?,26?,30-/m1/s1. The lowest BCUT2D eigenvalue weighted by Gasteiger charge is -2.27. The van der Waals surface area contributed by atoms with E-state index in [0.717, 1.165) is 58.7 Å². The van der Waals surface area contributed by atoms with Crippen molar-refractivity contribution in [3.8, 4) is 34.3 Å². The van der Waals surface area contributed by atoms with E-state index >= 15 is 0 Å². The third-order valence-corrected chi connectivity index (χ3v) is 9.87. The normalized spacial score (nSPS) is 21.1. The number of hydrogen-bond donors (Lipinski definition) is 1. The van der Waals surface area contributed by atoms with Crippen LogP contribution in [0.25, 0.3) is 44.8 Å². The van der Waals surface area contributed by atoms with E-state index in [0.29, 0.717) is 35.2 Å². The summed E-state index contributed by atoms with van der Waals surface area (Å²) in [5.41, 5.74) is 11.8. The van der Waals surface area contributed by atoms with Gasteiger partial charge < -0.3 is 29.2 Å². The second-order valence-corrected chi connectivity index (χ2v) is 12.5. The zero-order valence-corrected chi connectivity index (χ0v) is 25.1. The summed E-state index contributed by atoms with van der Waals surface area (Å²) in [5, 5.41) is 0.994. The monoisotopic (exact) mass is 594 g/mol. The topological polar surface area (TPSA) is 100 Å². The molecule has 0 spiro atoms. The van der Waals surface area contributed by atoms with Gasteiger partial charge in [-0.3, -0.25) is 4.79 Å². The Morgan fingerprint density at radius 2 is 1.82 bits per heavy atom. The Bertz CT molecular complexity index is 1960. The summed E-state index contributed by atoms with van der Waals surface area (Å²) in [7, 11) is 5.07. The van der Waals surface area contributed by atoms with Gasteiger partial charge in [-0.2, -0.15) is 0 Å². The zero-order valence-electron chi connectivity index (χ0n) is 25.1. The Hall–Kier alpha value is -4.44. The van der Waals surface area contributed by atoms with Crippen molar-refractivity contribution in [1.29, 1.82) is 0 Å². The fourth-order valence-corrected chi connectivity index (χ4v) is 7.30. The number of pyridine rings is 1. The molecule has 3 aliphatic rings. The molecule has 226 valence electrons. The molecule has 2 saturated carbocycles. The highest BCUT2D eigenvalue weighted by Crippen LogP contribution is 2.40. The van der Waals surface area contributed by atoms with Crippen molar-refractivity contribution in [2.24, 2.45) is 24.6 Å². The minimum atomic E-state index is -0.407. The summed E-state index contributed by atoms with van der Waals surface area (Å²) in [6.45, 7) is 1.53. The molecule has 0 radical (unpaired) electrons. The highest BCUT2D eigenvalue weighted by molar-refractivity contribution is 6.00. The highest BCUT2D eigenvalue weighted by atomic mass is 19.1. The minimum absolute atomic E-state index is 0.0166. The van der Waals surface area contributed by atoms with Gasteiger partial charge in [-0.15, -0.1) is 0 Å². The van der Waals surface area contributed by atoms with Crippen LogP contribution in [-0.2, 0) is 13.6 Å². The van der Waals surface area contributed by atoms with Gasteiger partial charge in [-0.05, 0) is 86.1 Å². The van der Waals surface area contributed by atoms with Crippen LogP contribution in [-0.4, -0.2) is 62.8 Å². The molecule has 4 heterocycles. The van der Waals surface area contributed by atoms with Crippen LogP contribution in [0.3, 0.4) is 0 Å². The lowest BCUT2D eigenvalue weighted by molar-refractivity contribution is 0.0700. The van der Waals surface area contributed by atoms with Crippen LogP contribution < -0.4 is 15.2 Å². The Balaban J connectivity index is 1.24. The predicted octanol–water partition coefficient (Wildman–Crippen LogP) is 5.39. The Kier molecular flexibility index (Phi) is 6.20. The first-order chi connectivity index (χ1) is 21.3. The van der Waals surface area contributed by atoms with Crippen molar-refractivity contribution in [2.45, 2.75) is 44.3 Å². The highest BCUT2D eigenvalue weighted by Gasteiger charge is 2.47. The lowest BCUT2D eigenvalue weighted by Crippen LogP contribution is -2.41. The van der Waals surface area contributed by atoms with E-state index in [1.807, 2.05) is 34.7 Å². The number of ether oxygens (including phenoxy) is 2. The number of halogens is 1. The molecule has 1 aliphatic heterocycles. The van der Waals surface area contributed by atoms with Crippen molar-refractivity contribution in [2.75, 3.05) is 20.8 Å². The van der Waals surface area contributed by atoms with E-state index in [1.165, 1.54) is 26.0 Å². The first-order valence-corrected chi connectivity index (χ1v) is 15.3. The number of aromatic nitrogens is 4. The number of amides is 1. The molecule has 1 amide bonds. The van der Waals surface area contributed by atoms with E-state index in [9.17, 15) is 9.18 Å². The molecular formula is C34H35FN6O3. The van der Waals surface area contributed by atoms with Crippen molar-refractivity contribution in [3.05, 3.63) is 59.9 Å². The lowest BCUT2D eigenvalue weighted by atomic mass is 10.1. The van der Waals surface area contributed by atoms with Crippen LogP contribution in [0.2, 0.25) is 0 Å². The number of nitrogens with two attached hydrogens (primary N) is 1. The number of imidazole rings is 1. The number of likely N-dealkylation sites (tertiary alicyclic amines) is 1. The van der Waals surface area contributed by atoms with E-state index < -0.39 is 5.82 Å². The smallest absolute Gasteiger partial charge is 0.254 e. The van der Waals surface area contributed by atoms with E-state index in [-0.39, 0.29) is 23.7 Å². The molecule has 10 heteroatoms. The fraction of sp³-hybridized carbons (Fsp3) is 0.382. The van der Waals surface area contributed by atoms with Crippen molar-refractivity contribution < 1.29 is 18.7 Å². The number of rotatable bonds is 7. The summed E-state index contributed by atoms with van der Waals surface area (Å²) in [6, 6.07) is 14.8. The predicted molar refractivity (Wildman–Crippen MR) is 166 cm³/mol. The van der Waals surface area contributed by atoms with Crippen LogP contribution in [0.5, 0.6) is 11.5 Å². The molecule has 3 atom stereocenters. The van der Waals surface area contributed by atoms with E-state index in [4.69, 9.17) is 25.2 Å². The van der Waals surface area contributed by atoms with Gasteiger partial charge in [-0.25, -0.2) is 14.4 Å². The summed E-state index contributed by atoms with van der Waals surface area (Å²) >= 11 is 0. The number of fused-ring (bicyclic) bond motifs is 4. The Labute approximate surface area is 254 Å². The summed E-state index contributed by atoms with van der Waals surface area (Å²) in [6.07, 6.45) is 4.40. The number of carbonyl (C=O) groups excluding carboxylic acids is 1. The van der Waals surface area contributed by atoms with Crippen molar-refractivity contribution >= 4 is 28.0 Å². The molecule has 3 fully saturated rings. The summed E-state index contributed by atoms with van der Waals surface area (Å²) in [5.74, 6) is 2.10. The summed E-state index contributed by atoms with van der Waals surface area (Å²) in [4.78, 5) is 25.8. The van der Waals surface area contributed by atoms with E-state index in [2.05, 4.69) is 16.7 Å². The maximum Gasteiger partial charge on any atom is 0.254 e. The molecule has 9 nitrogen and oxygen atoms in total. The largest absolute Gasteiger partial charge is 0.494 e. The van der Waals surface area contributed by atoms with Crippen LogP contribution in [0.15, 0.2) is 48.5 Å². The first-order valence-electron chi connectivity index (χ1n) is 15.3. The number of benzene rings is 2. The van der Waals surface area contributed by atoms with Crippen molar-refractivity contribution in [1.82, 2.24) is 24.0 Å². The number of carbonyl (C=O) groups is 1. The number of hydrogen-bond acceptors (Lipinski definition) is 6.